The van der Waals surface area contributed by atoms with Crippen molar-refractivity contribution < 1.29 is 0 Å². The van der Waals surface area contributed by atoms with E-state index in [0.717, 1.165) is 11.1 Å². The molecule has 44 heavy (non-hydrogen) atoms. The molecule has 7 aromatic rings. The number of rotatable bonds is 6. The van der Waals surface area contributed by atoms with Gasteiger partial charge in [-0.25, -0.2) is 0 Å². The predicted octanol–water partition coefficient (Wildman–Crippen LogP) is 11.6. The Morgan fingerprint density at radius 2 is 0.500 bits per heavy atom. The first-order valence-electron chi connectivity index (χ1n) is 14.8. The summed E-state index contributed by atoms with van der Waals surface area (Å²) in [6.45, 7) is 0. The molecule has 0 heterocycles. The highest BCUT2D eigenvalue weighted by Crippen LogP contribution is 2.32. The fourth-order valence-corrected chi connectivity index (χ4v) is 5.71. The Morgan fingerprint density at radius 1 is 0.250 bits per heavy atom. The fraction of sp³-hybridized carbons (Fsp3) is 0. The minimum absolute atomic E-state index is 0.674. The van der Waals surface area contributed by atoms with Crippen LogP contribution >= 0.6 is 0 Å². The van der Waals surface area contributed by atoms with Crippen LogP contribution in [0.5, 0.6) is 0 Å². The van der Waals surface area contributed by atoms with Gasteiger partial charge in [-0.05, 0) is 97.1 Å². The molecule has 206 valence electrons. The van der Waals surface area contributed by atoms with Gasteiger partial charge in [0.15, 0.2) is 0 Å². The molecule has 1 nitrogen and oxygen atoms in total. The third kappa shape index (κ3) is 5.71. The predicted molar refractivity (Wildman–Crippen MR) is 184 cm³/mol. The summed E-state index contributed by atoms with van der Waals surface area (Å²) in [7, 11) is 0. The van der Waals surface area contributed by atoms with Gasteiger partial charge in [-0.15, -0.1) is 0 Å². The zero-order chi connectivity index (χ0) is 29.7. The zero-order valence-electron chi connectivity index (χ0n) is 24.2. The number of hydrogen-bond acceptors (Lipinski definition) is 1. The molecule has 0 bridgehead atoms. The van der Waals surface area contributed by atoms with Crippen LogP contribution in [0.3, 0.4) is 0 Å². The molecule has 0 spiro atoms. The standard InChI is InChI=1S/C43H29N/c44-30-31-15-17-33(18-16-31)34-19-21-35(22-20-34)40-11-5-13-42(28-40)43-14-6-12-41(29-43)37-25-23-36(24-26-37)39-10-4-9-38(27-39)32-7-2-1-3-8-32/h1-29H. The molecule has 0 radical (unpaired) electrons. The van der Waals surface area contributed by atoms with Crippen LogP contribution in [0, 0.1) is 11.3 Å². The summed E-state index contributed by atoms with van der Waals surface area (Å²) in [5.41, 5.74) is 14.9. The highest BCUT2D eigenvalue weighted by atomic mass is 14.2. The van der Waals surface area contributed by atoms with Crippen molar-refractivity contribution in [1.29, 1.82) is 5.26 Å². The van der Waals surface area contributed by atoms with E-state index >= 15 is 0 Å². The van der Waals surface area contributed by atoms with Crippen LogP contribution in [0.15, 0.2) is 176 Å². The quantitative estimate of drug-likeness (QED) is 0.199. The maximum atomic E-state index is 9.08. The van der Waals surface area contributed by atoms with Crippen LogP contribution in [0.25, 0.3) is 66.8 Å². The van der Waals surface area contributed by atoms with Crippen LogP contribution in [-0.4, -0.2) is 0 Å². The minimum atomic E-state index is 0.674. The van der Waals surface area contributed by atoms with Gasteiger partial charge in [0.25, 0.3) is 0 Å². The first-order valence-corrected chi connectivity index (χ1v) is 14.8. The van der Waals surface area contributed by atoms with Crippen molar-refractivity contribution in [2.75, 3.05) is 0 Å². The molecule has 1 heteroatoms. The Hall–Kier alpha value is -5.97. The van der Waals surface area contributed by atoms with Gasteiger partial charge in [-0.3, -0.25) is 0 Å². The number of hydrogen-bond donors (Lipinski definition) is 0. The summed E-state index contributed by atoms with van der Waals surface area (Å²) in [5.74, 6) is 0. The Kier molecular flexibility index (Phi) is 7.40. The average molecular weight is 560 g/mol. The summed E-state index contributed by atoms with van der Waals surface area (Å²) in [6, 6.07) is 64.2. The summed E-state index contributed by atoms with van der Waals surface area (Å²) in [5, 5.41) is 9.08. The monoisotopic (exact) mass is 559 g/mol. The molecule has 0 fully saturated rings. The van der Waals surface area contributed by atoms with Crippen molar-refractivity contribution in [1.82, 2.24) is 0 Å². The van der Waals surface area contributed by atoms with E-state index in [0.29, 0.717) is 5.56 Å². The molecule has 0 saturated heterocycles. The largest absolute Gasteiger partial charge is 0.192 e. The summed E-state index contributed by atoms with van der Waals surface area (Å²) >= 11 is 0. The van der Waals surface area contributed by atoms with Gasteiger partial charge in [0, 0.05) is 0 Å². The topological polar surface area (TPSA) is 23.8 Å². The Labute approximate surface area is 259 Å². The smallest absolute Gasteiger partial charge is 0.0991 e. The van der Waals surface area contributed by atoms with Crippen molar-refractivity contribution in [2.24, 2.45) is 0 Å². The first-order chi connectivity index (χ1) is 21.7. The molecule has 0 atom stereocenters. The van der Waals surface area contributed by atoms with E-state index in [1.54, 1.807) is 0 Å². The highest BCUT2D eigenvalue weighted by Gasteiger charge is 2.07. The van der Waals surface area contributed by atoms with Crippen molar-refractivity contribution in [2.45, 2.75) is 0 Å². The van der Waals surface area contributed by atoms with E-state index in [-0.39, 0.29) is 0 Å². The van der Waals surface area contributed by atoms with Gasteiger partial charge < -0.3 is 0 Å². The Morgan fingerprint density at radius 3 is 0.841 bits per heavy atom. The molecule has 0 aliphatic heterocycles. The van der Waals surface area contributed by atoms with Crippen LogP contribution < -0.4 is 0 Å². The molecule has 0 aromatic heterocycles. The van der Waals surface area contributed by atoms with Gasteiger partial charge in [0.05, 0.1) is 11.6 Å². The summed E-state index contributed by atoms with van der Waals surface area (Å²) < 4.78 is 0. The highest BCUT2D eigenvalue weighted by molar-refractivity contribution is 5.79. The average Bonchev–Trinajstić information content (AvgIpc) is 3.12. The first kappa shape index (κ1) is 26.9. The fourth-order valence-electron chi connectivity index (χ4n) is 5.71. The van der Waals surface area contributed by atoms with Crippen LogP contribution in [0.2, 0.25) is 0 Å². The second-order valence-electron chi connectivity index (χ2n) is 11.0. The second kappa shape index (κ2) is 12.1. The van der Waals surface area contributed by atoms with Gasteiger partial charge in [-0.2, -0.15) is 5.26 Å². The van der Waals surface area contributed by atoms with E-state index in [1.807, 2.05) is 24.3 Å². The zero-order valence-corrected chi connectivity index (χ0v) is 24.2. The maximum absolute atomic E-state index is 9.08. The van der Waals surface area contributed by atoms with Crippen molar-refractivity contribution in [3.05, 3.63) is 181 Å². The van der Waals surface area contributed by atoms with Crippen molar-refractivity contribution in [3.8, 4) is 72.8 Å². The van der Waals surface area contributed by atoms with Crippen molar-refractivity contribution >= 4 is 0 Å². The maximum Gasteiger partial charge on any atom is 0.0991 e. The van der Waals surface area contributed by atoms with Crippen LogP contribution in [0.1, 0.15) is 5.56 Å². The van der Waals surface area contributed by atoms with Gasteiger partial charge in [0.1, 0.15) is 0 Å². The molecule has 0 aliphatic carbocycles. The molecule has 0 aliphatic rings. The van der Waals surface area contributed by atoms with E-state index in [2.05, 4.69) is 158 Å². The lowest BCUT2D eigenvalue weighted by molar-refractivity contribution is 1.48. The molecule has 0 unspecified atom stereocenters. The Bertz CT molecular complexity index is 2080. The summed E-state index contributed by atoms with van der Waals surface area (Å²) in [6.07, 6.45) is 0. The SMILES string of the molecule is N#Cc1ccc(-c2ccc(-c3cccc(-c4cccc(-c5ccc(-c6cccc(-c7ccccc7)c6)cc5)c4)c3)cc2)cc1. The molecule has 0 N–H and O–H groups in total. The summed E-state index contributed by atoms with van der Waals surface area (Å²) in [4.78, 5) is 0. The normalized spacial score (nSPS) is 10.7. The number of nitriles is 1. The molecular weight excluding hydrogens is 530 g/mol. The third-order valence-electron chi connectivity index (χ3n) is 8.15. The van der Waals surface area contributed by atoms with Crippen LogP contribution in [-0.2, 0) is 0 Å². The number of benzene rings is 7. The Balaban J connectivity index is 1.12. The molecule has 7 rings (SSSR count). The number of nitrogens with zero attached hydrogens (tertiary/aromatic N) is 1. The van der Waals surface area contributed by atoms with Gasteiger partial charge in [-0.1, -0.05) is 146 Å². The lowest BCUT2D eigenvalue weighted by atomic mass is 9.94. The van der Waals surface area contributed by atoms with E-state index in [4.69, 9.17) is 5.26 Å². The van der Waals surface area contributed by atoms with Crippen molar-refractivity contribution in [3.63, 3.8) is 0 Å². The minimum Gasteiger partial charge on any atom is -0.192 e. The van der Waals surface area contributed by atoms with E-state index in [1.165, 1.54) is 55.6 Å². The molecular formula is C43H29N. The second-order valence-corrected chi connectivity index (χ2v) is 11.0. The van der Waals surface area contributed by atoms with E-state index < -0.39 is 0 Å². The van der Waals surface area contributed by atoms with Crippen LogP contribution in [0.4, 0.5) is 0 Å². The van der Waals surface area contributed by atoms with E-state index in [9.17, 15) is 0 Å². The third-order valence-corrected chi connectivity index (χ3v) is 8.15. The van der Waals surface area contributed by atoms with Gasteiger partial charge >= 0.3 is 0 Å². The molecule has 7 aromatic carbocycles. The lowest BCUT2D eigenvalue weighted by Crippen LogP contribution is -1.85. The molecule has 0 saturated carbocycles. The van der Waals surface area contributed by atoms with Gasteiger partial charge in [0.2, 0.25) is 0 Å². The lowest BCUT2D eigenvalue weighted by Gasteiger charge is -2.10. The molecule has 0 amide bonds.